The molecular formula is C30H37N5O2S. The Bertz CT molecular complexity index is 1490. The van der Waals surface area contributed by atoms with Crippen LogP contribution in [-0.2, 0) is 16.4 Å². The molecule has 0 unspecified atom stereocenters. The van der Waals surface area contributed by atoms with Gasteiger partial charge in [-0.1, -0.05) is 54.6 Å². The van der Waals surface area contributed by atoms with Gasteiger partial charge in [-0.15, -0.1) is 0 Å². The third-order valence-electron chi connectivity index (χ3n) is 7.63. The van der Waals surface area contributed by atoms with Gasteiger partial charge in [0.1, 0.15) is 5.82 Å². The van der Waals surface area contributed by atoms with Gasteiger partial charge in [-0.2, -0.15) is 4.98 Å². The Morgan fingerprint density at radius 1 is 0.816 bits per heavy atom. The molecule has 3 aromatic carbocycles. The molecule has 8 heteroatoms. The second-order valence-electron chi connectivity index (χ2n) is 10.6. The molecule has 1 aliphatic carbocycles. The van der Waals surface area contributed by atoms with Crippen molar-refractivity contribution in [2.75, 3.05) is 43.2 Å². The first-order valence-electron chi connectivity index (χ1n) is 13.5. The summed E-state index contributed by atoms with van der Waals surface area (Å²) < 4.78 is 28.4. The van der Waals surface area contributed by atoms with Crippen LogP contribution < -0.4 is 14.9 Å². The fourth-order valence-electron chi connectivity index (χ4n) is 5.43. The Kier molecular flexibility index (Phi) is 8.09. The van der Waals surface area contributed by atoms with Crippen LogP contribution in [0.15, 0.2) is 66.7 Å². The number of aromatic nitrogens is 2. The molecular weight excluding hydrogens is 494 g/mol. The smallest absolute Gasteiger partial charge is 0.225 e. The van der Waals surface area contributed by atoms with Gasteiger partial charge in [0, 0.05) is 32.6 Å². The summed E-state index contributed by atoms with van der Waals surface area (Å²) >= 11 is 0. The Morgan fingerprint density at radius 2 is 1.47 bits per heavy atom. The van der Waals surface area contributed by atoms with Gasteiger partial charge in [-0.05, 0) is 72.4 Å². The standard InChI is InChI=1S/C30H37N5O2S/c1-35(2)29-27-12-5-6-13-28(27)33-30(34-29)31-20-22-14-16-23(17-15-22)21-32-38(36,37)19-18-25-10-7-9-24-8-3-4-11-26(24)25/h3-13,22-23,32H,14-21H2,1-2H3,(H,31,33,34)/t22-,23-. The van der Waals surface area contributed by atoms with Crippen molar-refractivity contribution in [2.45, 2.75) is 32.1 Å². The number of nitrogens with zero attached hydrogens (tertiary/aromatic N) is 3. The van der Waals surface area contributed by atoms with E-state index in [-0.39, 0.29) is 5.75 Å². The van der Waals surface area contributed by atoms with E-state index in [1.165, 1.54) is 0 Å². The maximum Gasteiger partial charge on any atom is 0.225 e. The monoisotopic (exact) mass is 531 g/mol. The zero-order valence-corrected chi connectivity index (χ0v) is 23.0. The second kappa shape index (κ2) is 11.7. The normalized spacial score (nSPS) is 18.1. The largest absolute Gasteiger partial charge is 0.362 e. The van der Waals surface area contributed by atoms with Crippen molar-refractivity contribution >= 4 is 43.5 Å². The minimum absolute atomic E-state index is 0.112. The Balaban J connectivity index is 1.08. The maximum atomic E-state index is 12.7. The summed E-state index contributed by atoms with van der Waals surface area (Å²) in [6.45, 7) is 1.35. The van der Waals surface area contributed by atoms with E-state index in [0.29, 0.717) is 30.7 Å². The third-order valence-corrected chi connectivity index (χ3v) is 8.98. The van der Waals surface area contributed by atoms with E-state index in [0.717, 1.165) is 65.3 Å². The first-order chi connectivity index (χ1) is 18.4. The van der Waals surface area contributed by atoms with Crippen LogP contribution in [-0.4, -0.2) is 51.3 Å². The van der Waals surface area contributed by atoms with Gasteiger partial charge < -0.3 is 10.2 Å². The lowest BCUT2D eigenvalue weighted by atomic mass is 9.82. The topological polar surface area (TPSA) is 87.2 Å². The molecule has 7 nitrogen and oxygen atoms in total. The van der Waals surface area contributed by atoms with Crippen molar-refractivity contribution in [1.29, 1.82) is 0 Å². The average molecular weight is 532 g/mol. The Hall–Kier alpha value is -3.23. The molecule has 1 aromatic heterocycles. The molecule has 38 heavy (non-hydrogen) atoms. The fraction of sp³-hybridized carbons (Fsp3) is 0.400. The minimum atomic E-state index is -3.32. The zero-order chi connectivity index (χ0) is 26.5. The van der Waals surface area contributed by atoms with Crippen molar-refractivity contribution in [3.05, 3.63) is 72.3 Å². The van der Waals surface area contributed by atoms with E-state index in [2.05, 4.69) is 28.2 Å². The van der Waals surface area contributed by atoms with Gasteiger partial charge in [0.2, 0.25) is 16.0 Å². The average Bonchev–Trinajstić information content (AvgIpc) is 2.94. The van der Waals surface area contributed by atoms with E-state index < -0.39 is 10.0 Å². The summed E-state index contributed by atoms with van der Waals surface area (Å²) in [5.74, 6) is 2.60. The van der Waals surface area contributed by atoms with Crippen LogP contribution in [0.3, 0.4) is 0 Å². The molecule has 1 heterocycles. The molecule has 0 spiro atoms. The van der Waals surface area contributed by atoms with Crippen molar-refractivity contribution in [3.63, 3.8) is 0 Å². The van der Waals surface area contributed by atoms with E-state index in [1.54, 1.807) is 0 Å². The lowest BCUT2D eigenvalue weighted by molar-refractivity contribution is 0.284. The molecule has 0 atom stereocenters. The number of nitrogens with one attached hydrogen (secondary N) is 2. The van der Waals surface area contributed by atoms with Gasteiger partial charge in [0.05, 0.1) is 11.3 Å². The van der Waals surface area contributed by atoms with Gasteiger partial charge in [-0.25, -0.2) is 18.1 Å². The van der Waals surface area contributed by atoms with Gasteiger partial charge >= 0.3 is 0 Å². The van der Waals surface area contributed by atoms with Crippen LogP contribution in [0.1, 0.15) is 31.2 Å². The first kappa shape index (κ1) is 26.4. The molecule has 1 aliphatic rings. The molecule has 0 bridgehead atoms. The van der Waals surface area contributed by atoms with Crippen LogP contribution >= 0.6 is 0 Å². The molecule has 1 saturated carbocycles. The highest BCUT2D eigenvalue weighted by Crippen LogP contribution is 2.29. The summed E-state index contributed by atoms with van der Waals surface area (Å²) in [7, 11) is 0.676. The molecule has 200 valence electrons. The van der Waals surface area contributed by atoms with Gasteiger partial charge in [0.15, 0.2) is 0 Å². The number of rotatable bonds is 10. The van der Waals surface area contributed by atoms with Crippen molar-refractivity contribution in [1.82, 2.24) is 14.7 Å². The molecule has 0 radical (unpaired) electrons. The van der Waals surface area contributed by atoms with E-state index >= 15 is 0 Å². The third kappa shape index (κ3) is 6.42. The van der Waals surface area contributed by atoms with Crippen LogP contribution in [0.25, 0.3) is 21.7 Å². The number of anilines is 2. The second-order valence-corrected chi connectivity index (χ2v) is 12.5. The fourth-order valence-corrected chi connectivity index (χ4v) is 6.55. The summed E-state index contributed by atoms with van der Waals surface area (Å²) in [6, 6.07) is 22.3. The number of benzene rings is 3. The molecule has 1 fully saturated rings. The summed E-state index contributed by atoms with van der Waals surface area (Å²) in [4.78, 5) is 11.5. The highest BCUT2D eigenvalue weighted by molar-refractivity contribution is 7.89. The van der Waals surface area contributed by atoms with E-state index in [9.17, 15) is 8.42 Å². The number of aryl methyl sites for hydroxylation is 1. The van der Waals surface area contributed by atoms with Crippen molar-refractivity contribution in [2.24, 2.45) is 11.8 Å². The molecule has 0 aliphatic heterocycles. The van der Waals surface area contributed by atoms with Crippen LogP contribution in [0.4, 0.5) is 11.8 Å². The van der Waals surface area contributed by atoms with Crippen LogP contribution in [0.5, 0.6) is 0 Å². The molecule has 4 aromatic rings. The van der Waals surface area contributed by atoms with E-state index in [1.807, 2.05) is 67.5 Å². The van der Waals surface area contributed by atoms with E-state index in [4.69, 9.17) is 9.97 Å². The molecule has 0 saturated heterocycles. The molecule has 2 N–H and O–H groups in total. The van der Waals surface area contributed by atoms with Crippen LogP contribution in [0.2, 0.25) is 0 Å². The lowest BCUT2D eigenvalue weighted by Crippen LogP contribution is -2.34. The van der Waals surface area contributed by atoms with Gasteiger partial charge in [-0.3, -0.25) is 0 Å². The summed E-state index contributed by atoms with van der Waals surface area (Å²) in [6.07, 6.45) is 4.72. The Labute approximate surface area is 225 Å². The highest BCUT2D eigenvalue weighted by atomic mass is 32.2. The number of para-hydroxylation sites is 1. The number of hydrogen-bond acceptors (Lipinski definition) is 6. The van der Waals surface area contributed by atoms with Gasteiger partial charge in [0.25, 0.3) is 0 Å². The Morgan fingerprint density at radius 3 is 2.24 bits per heavy atom. The zero-order valence-electron chi connectivity index (χ0n) is 22.2. The minimum Gasteiger partial charge on any atom is -0.362 e. The number of sulfonamides is 1. The summed E-state index contributed by atoms with van der Waals surface area (Å²) in [5.41, 5.74) is 2.01. The number of fused-ring (bicyclic) bond motifs is 2. The SMILES string of the molecule is CN(C)c1nc(NC[C@H]2CC[C@H](CNS(=O)(=O)CCc3cccc4ccccc34)CC2)nc2ccccc12. The van der Waals surface area contributed by atoms with Crippen LogP contribution in [0, 0.1) is 11.8 Å². The highest BCUT2D eigenvalue weighted by Gasteiger charge is 2.23. The first-order valence-corrected chi connectivity index (χ1v) is 15.1. The maximum absolute atomic E-state index is 12.7. The van der Waals surface area contributed by atoms with Crippen molar-refractivity contribution < 1.29 is 8.42 Å². The van der Waals surface area contributed by atoms with Crippen molar-refractivity contribution in [3.8, 4) is 0 Å². The molecule has 0 amide bonds. The quantitative estimate of drug-likeness (QED) is 0.291. The molecule has 5 rings (SSSR count). The predicted molar refractivity (Wildman–Crippen MR) is 157 cm³/mol. The predicted octanol–water partition coefficient (Wildman–Crippen LogP) is 5.23. The summed E-state index contributed by atoms with van der Waals surface area (Å²) in [5, 5.41) is 6.78. The lowest BCUT2D eigenvalue weighted by Gasteiger charge is -2.28. The number of hydrogen-bond donors (Lipinski definition) is 2.